The van der Waals surface area contributed by atoms with Gasteiger partial charge in [0, 0.05) is 0 Å². The van der Waals surface area contributed by atoms with E-state index in [0.717, 1.165) is 5.56 Å². The van der Waals surface area contributed by atoms with Crippen LogP contribution < -0.4 is 5.73 Å². The molecule has 2 N–H and O–H groups in total. The molecule has 6 heteroatoms. The van der Waals surface area contributed by atoms with E-state index in [-0.39, 0.29) is 11.5 Å². The molecular formula is C12H13FN4O. The lowest BCUT2D eigenvalue weighted by Gasteiger charge is -2.05. The first kappa shape index (κ1) is 12.2. The molecule has 0 atom stereocenters. The molecule has 94 valence electrons. The van der Waals surface area contributed by atoms with Crippen LogP contribution in [0.3, 0.4) is 0 Å². The minimum Gasteiger partial charge on any atom is -0.364 e. The van der Waals surface area contributed by atoms with Crippen LogP contribution >= 0.6 is 0 Å². The van der Waals surface area contributed by atoms with Gasteiger partial charge < -0.3 is 5.73 Å². The van der Waals surface area contributed by atoms with E-state index >= 15 is 0 Å². The number of primary amides is 1. The highest BCUT2D eigenvalue weighted by Crippen LogP contribution is 2.10. The van der Waals surface area contributed by atoms with Gasteiger partial charge in [-0.1, -0.05) is 24.3 Å². The van der Waals surface area contributed by atoms with Gasteiger partial charge in [0.15, 0.2) is 5.69 Å². The Morgan fingerprint density at radius 1 is 1.50 bits per heavy atom. The Labute approximate surface area is 103 Å². The second kappa shape index (κ2) is 4.95. The van der Waals surface area contributed by atoms with Crippen molar-refractivity contribution >= 4 is 5.91 Å². The maximum atomic E-state index is 13.1. The van der Waals surface area contributed by atoms with E-state index in [1.54, 1.807) is 16.8 Å². The van der Waals surface area contributed by atoms with Gasteiger partial charge in [0.1, 0.15) is 5.82 Å². The van der Waals surface area contributed by atoms with Crippen LogP contribution in [-0.2, 0) is 13.0 Å². The number of nitrogens with two attached hydrogens (primary N) is 1. The summed E-state index contributed by atoms with van der Waals surface area (Å²) in [5.74, 6) is -0.905. The van der Waals surface area contributed by atoms with Crippen LogP contribution in [0.5, 0.6) is 0 Å². The van der Waals surface area contributed by atoms with Crippen molar-refractivity contribution in [1.82, 2.24) is 15.0 Å². The first-order valence-corrected chi connectivity index (χ1v) is 5.58. The van der Waals surface area contributed by atoms with E-state index in [9.17, 15) is 9.18 Å². The molecule has 18 heavy (non-hydrogen) atoms. The topological polar surface area (TPSA) is 73.8 Å². The van der Waals surface area contributed by atoms with E-state index < -0.39 is 5.91 Å². The smallest absolute Gasteiger partial charge is 0.271 e. The first-order valence-electron chi connectivity index (χ1n) is 5.58. The summed E-state index contributed by atoms with van der Waals surface area (Å²) in [5.41, 5.74) is 6.80. The fraction of sp³-hybridized carbons (Fsp3) is 0.250. The zero-order chi connectivity index (χ0) is 13.1. The van der Waals surface area contributed by atoms with Crippen molar-refractivity contribution in [2.45, 2.75) is 19.9 Å². The van der Waals surface area contributed by atoms with Crippen LogP contribution in [0.25, 0.3) is 0 Å². The Bertz CT molecular complexity index is 579. The van der Waals surface area contributed by atoms with Crippen LogP contribution in [0.4, 0.5) is 4.39 Å². The number of hydrogen-bond acceptors (Lipinski definition) is 3. The van der Waals surface area contributed by atoms with E-state index in [1.807, 2.05) is 6.92 Å². The second-order valence-corrected chi connectivity index (χ2v) is 3.89. The van der Waals surface area contributed by atoms with E-state index in [4.69, 9.17) is 5.73 Å². The average Bonchev–Trinajstić information content (AvgIpc) is 2.72. The maximum Gasteiger partial charge on any atom is 0.271 e. The normalized spacial score (nSPS) is 10.6. The number of nitrogens with zero attached hydrogens (tertiary/aromatic N) is 3. The summed E-state index contributed by atoms with van der Waals surface area (Å²) in [7, 11) is 0. The molecule has 0 saturated carbocycles. The minimum atomic E-state index is -0.600. The van der Waals surface area contributed by atoms with Gasteiger partial charge in [-0.2, -0.15) is 0 Å². The van der Waals surface area contributed by atoms with Gasteiger partial charge in [-0.05, 0) is 24.1 Å². The van der Waals surface area contributed by atoms with Crippen molar-refractivity contribution in [1.29, 1.82) is 0 Å². The van der Waals surface area contributed by atoms with E-state index in [0.29, 0.717) is 18.7 Å². The molecular weight excluding hydrogens is 235 g/mol. The minimum absolute atomic E-state index is 0.175. The van der Waals surface area contributed by atoms with Crippen molar-refractivity contribution < 1.29 is 9.18 Å². The van der Waals surface area contributed by atoms with Crippen LogP contribution in [-0.4, -0.2) is 20.9 Å². The van der Waals surface area contributed by atoms with Crippen molar-refractivity contribution in [3.8, 4) is 0 Å². The number of amides is 1. The number of aromatic nitrogens is 3. The summed E-state index contributed by atoms with van der Waals surface area (Å²) >= 11 is 0. The maximum absolute atomic E-state index is 13.1. The molecule has 0 bridgehead atoms. The molecule has 1 amide bonds. The van der Waals surface area contributed by atoms with Crippen LogP contribution in [0.2, 0.25) is 0 Å². The molecule has 2 rings (SSSR count). The highest BCUT2D eigenvalue weighted by molar-refractivity contribution is 5.91. The molecule has 2 aromatic rings. The van der Waals surface area contributed by atoms with Gasteiger partial charge in [-0.3, -0.25) is 4.79 Å². The lowest BCUT2D eigenvalue weighted by molar-refractivity contribution is 0.0994. The monoisotopic (exact) mass is 248 g/mol. The number of carbonyl (C=O) groups excluding carboxylic acids is 1. The number of rotatable bonds is 4. The Morgan fingerprint density at radius 3 is 2.89 bits per heavy atom. The third kappa shape index (κ3) is 2.37. The van der Waals surface area contributed by atoms with Gasteiger partial charge in [0.25, 0.3) is 5.91 Å². The Kier molecular flexibility index (Phi) is 3.36. The third-order valence-electron chi connectivity index (χ3n) is 2.63. The molecule has 0 aliphatic carbocycles. The summed E-state index contributed by atoms with van der Waals surface area (Å²) in [6, 6.07) is 6.21. The molecule has 0 unspecified atom stereocenters. The van der Waals surface area contributed by atoms with Gasteiger partial charge in [0.05, 0.1) is 12.2 Å². The first-order chi connectivity index (χ1) is 8.61. The Morgan fingerprint density at radius 2 is 2.28 bits per heavy atom. The molecule has 1 heterocycles. The highest BCUT2D eigenvalue weighted by Gasteiger charge is 2.15. The molecule has 0 aliphatic rings. The Hall–Kier alpha value is -2.24. The number of benzene rings is 1. The average molecular weight is 248 g/mol. The predicted octanol–water partition coefficient (Wildman–Crippen LogP) is 1.13. The fourth-order valence-electron chi connectivity index (χ4n) is 1.81. The van der Waals surface area contributed by atoms with E-state index in [2.05, 4.69) is 10.3 Å². The molecule has 0 aliphatic heterocycles. The standard InChI is InChI=1S/C12H13FN4O/c1-2-10-11(12(14)18)15-16-17(10)7-8-4-3-5-9(13)6-8/h3-6H,2,7H2,1H3,(H2,14,18). The number of halogens is 1. The molecule has 1 aromatic heterocycles. The van der Waals surface area contributed by atoms with Crippen molar-refractivity contribution in [3.05, 3.63) is 47.0 Å². The number of hydrogen-bond donors (Lipinski definition) is 1. The summed E-state index contributed by atoms with van der Waals surface area (Å²) in [6.45, 7) is 2.24. The van der Waals surface area contributed by atoms with Crippen LogP contribution in [0, 0.1) is 5.82 Å². The lowest BCUT2D eigenvalue weighted by atomic mass is 10.2. The lowest BCUT2D eigenvalue weighted by Crippen LogP contribution is -2.15. The van der Waals surface area contributed by atoms with Gasteiger partial charge in [0.2, 0.25) is 0 Å². The van der Waals surface area contributed by atoms with Gasteiger partial charge in [-0.25, -0.2) is 9.07 Å². The fourth-order valence-corrected chi connectivity index (χ4v) is 1.81. The second-order valence-electron chi connectivity index (χ2n) is 3.89. The third-order valence-corrected chi connectivity index (χ3v) is 2.63. The molecule has 5 nitrogen and oxygen atoms in total. The molecule has 1 aromatic carbocycles. The van der Waals surface area contributed by atoms with E-state index in [1.165, 1.54) is 12.1 Å². The quantitative estimate of drug-likeness (QED) is 0.881. The van der Waals surface area contributed by atoms with Crippen LogP contribution in [0.1, 0.15) is 28.7 Å². The zero-order valence-corrected chi connectivity index (χ0v) is 9.93. The summed E-state index contributed by atoms with van der Waals surface area (Å²) in [6.07, 6.45) is 0.584. The van der Waals surface area contributed by atoms with Gasteiger partial charge in [-0.15, -0.1) is 5.10 Å². The summed E-state index contributed by atoms with van der Waals surface area (Å²) in [5, 5.41) is 7.63. The van der Waals surface area contributed by atoms with Crippen LogP contribution in [0.15, 0.2) is 24.3 Å². The van der Waals surface area contributed by atoms with Crippen molar-refractivity contribution in [3.63, 3.8) is 0 Å². The zero-order valence-electron chi connectivity index (χ0n) is 9.93. The largest absolute Gasteiger partial charge is 0.364 e. The van der Waals surface area contributed by atoms with Gasteiger partial charge >= 0.3 is 0 Å². The molecule has 0 fully saturated rings. The molecule has 0 spiro atoms. The highest BCUT2D eigenvalue weighted by atomic mass is 19.1. The molecule has 0 saturated heterocycles. The summed E-state index contributed by atoms with van der Waals surface area (Å²) < 4.78 is 14.6. The number of carbonyl (C=O) groups is 1. The predicted molar refractivity (Wildman–Crippen MR) is 63.4 cm³/mol. The van der Waals surface area contributed by atoms with Crippen molar-refractivity contribution in [2.24, 2.45) is 5.73 Å². The Balaban J connectivity index is 2.32. The van der Waals surface area contributed by atoms with Crippen molar-refractivity contribution in [2.75, 3.05) is 0 Å². The SMILES string of the molecule is CCc1c(C(N)=O)nnn1Cc1cccc(F)c1. The summed E-state index contributed by atoms with van der Waals surface area (Å²) in [4.78, 5) is 11.1. The molecule has 0 radical (unpaired) electrons.